The first-order valence-electron chi connectivity index (χ1n) is 7.36. The predicted molar refractivity (Wildman–Crippen MR) is 103 cm³/mol. The van der Waals surface area contributed by atoms with Crippen LogP contribution >= 0.6 is 24.0 Å². The molecule has 1 heterocycles. The summed E-state index contributed by atoms with van der Waals surface area (Å²) in [5.74, 6) is 1.47. The van der Waals surface area contributed by atoms with E-state index in [4.69, 9.17) is 10.5 Å². The maximum Gasteiger partial charge on any atom is 0.188 e. The molecule has 7 heteroatoms. The number of aromatic nitrogens is 2. The molecule has 126 valence electrons. The quantitative estimate of drug-likeness (QED) is 0.290. The predicted octanol–water partition coefficient (Wildman–Crippen LogP) is 1.64. The normalized spacial score (nSPS) is 11.1. The van der Waals surface area contributed by atoms with Gasteiger partial charge in [-0.15, -0.1) is 24.0 Å². The first kappa shape index (κ1) is 19.4. The smallest absolute Gasteiger partial charge is 0.188 e. The zero-order valence-corrected chi connectivity index (χ0v) is 15.6. The van der Waals surface area contributed by atoms with E-state index in [1.807, 2.05) is 30.6 Å². The van der Waals surface area contributed by atoms with E-state index >= 15 is 0 Å². The molecule has 0 aliphatic heterocycles. The lowest BCUT2D eigenvalue weighted by Crippen LogP contribution is -2.34. The van der Waals surface area contributed by atoms with Crippen LogP contribution in [-0.2, 0) is 17.7 Å². The Morgan fingerprint density at radius 2 is 2.13 bits per heavy atom. The molecule has 0 saturated heterocycles. The molecule has 0 atom stereocenters. The van der Waals surface area contributed by atoms with Crippen molar-refractivity contribution in [3.05, 3.63) is 54.1 Å². The van der Waals surface area contributed by atoms with Gasteiger partial charge in [-0.05, 0) is 5.56 Å². The Bertz CT molecular complexity index is 585. The van der Waals surface area contributed by atoms with Crippen molar-refractivity contribution in [3.63, 3.8) is 0 Å². The molecule has 0 bridgehead atoms. The maximum atomic E-state index is 5.77. The molecule has 0 aliphatic rings. The van der Waals surface area contributed by atoms with Gasteiger partial charge in [0.15, 0.2) is 5.96 Å². The third-order valence-electron chi connectivity index (χ3n) is 3.23. The van der Waals surface area contributed by atoms with Crippen molar-refractivity contribution in [2.24, 2.45) is 10.7 Å². The fraction of sp³-hybridized carbons (Fsp3) is 0.375. The summed E-state index contributed by atoms with van der Waals surface area (Å²) < 4.78 is 7.07. The topological polar surface area (TPSA) is 77.5 Å². The molecule has 2 rings (SSSR count). The maximum absolute atomic E-state index is 5.77. The van der Waals surface area contributed by atoms with Gasteiger partial charge in [-0.1, -0.05) is 30.3 Å². The second-order valence-electron chi connectivity index (χ2n) is 4.89. The molecular formula is C16H24IN5O. The number of hydrogen-bond acceptors (Lipinski definition) is 3. The molecule has 0 saturated carbocycles. The van der Waals surface area contributed by atoms with Crippen molar-refractivity contribution in [2.45, 2.75) is 13.0 Å². The van der Waals surface area contributed by atoms with Gasteiger partial charge < -0.3 is 20.4 Å². The van der Waals surface area contributed by atoms with Gasteiger partial charge in [-0.3, -0.25) is 4.99 Å². The molecule has 23 heavy (non-hydrogen) atoms. The van der Waals surface area contributed by atoms with Gasteiger partial charge in [0.2, 0.25) is 0 Å². The number of benzene rings is 1. The second-order valence-corrected chi connectivity index (χ2v) is 4.89. The van der Waals surface area contributed by atoms with E-state index in [1.165, 1.54) is 5.56 Å². The van der Waals surface area contributed by atoms with Gasteiger partial charge >= 0.3 is 0 Å². The van der Waals surface area contributed by atoms with Crippen molar-refractivity contribution in [3.8, 4) is 0 Å². The number of imidazole rings is 1. The zero-order valence-electron chi connectivity index (χ0n) is 13.3. The summed E-state index contributed by atoms with van der Waals surface area (Å²) in [4.78, 5) is 8.56. The molecule has 0 spiro atoms. The van der Waals surface area contributed by atoms with E-state index < -0.39 is 0 Å². The van der Waals surface area contributed by atoms with E-state index in [1.54, 1.807) is 7.11 Å². The average molecular weight is 429 g/mol. The first-order chi connectivity index (χ1) is 10.8. The number of guanidine groups is 1. The molecule has 0 amide bonds. The Balaban J connectivity index is 0.00000264. The van der Waals surface area contributed by atoms with Gasteiger partial charge in [0.05, 0.1) is 13.2 Å². The lowest BCUT2D eigenvalue weighted by molar-refractivity contribution is 0.208. The van der Waals surface area contributed by atoms with Crippen molar-refractivity contribution in [2.75, 3.05) is 26.8 Å². The number of nitrogens with zero attached hydrogens (tertiary/aromatic N) is 3. The van der Waals surface area contributed by atoms with Crippen LogP contribution in [-0.4, -0.2) is 42.3 Å². The number of rotatable bonds is 8. The van der Waals surface area contributed by atoms with E-state index in [-0.39, 0.29) is 24.0 Å². The molecule has 1 aromatic carbocycles. The third-order valence-corrected chi connectivity index (χ3v) is 3.23. The minimum atomic E-state index is 0. The number of methoxy groups -OCH3 is 1. The van der Waals surface area contributed by atoms with Gasteiger partial charge in [0, 0.05) is 39.0 Å². The summed E-state index contributed by atoms with van der Waals surface area (Å²) in [5, 5.41) is 3.09. The number of nitrogens with two attached hydrogens (primary N) is 1. The Kier molecular flexibility index (Phi) is 9.30. The largest absolute Gasteiger partial charge is 0.383 e. The molecule has 0 fully saturated rings. The van der Waals surface area contributed by atoms with Gasteiger partial charge in [0.1, 0.15) is 5.82 Å². The lowest BCUT2D eigenvalue weighted by Gasteiger charge is -2.09. The third kappa shape index (κ3) is 7.00. The minimum absolute atomic E-state index is 0. The van der Waals surface area contributed by atoms with Gasteiger partial charge in [0.25, 0.3) is 0 Å². The summed E-state index contributed by atoms with van der Waals surface area (Å²) >= 11 is 0. The van der Waals surface area contributed by atoms with Crippen LogP contribution in [0.5, 0.6) is 0 Å². The van der Waals surface area contributed by atoms with Crippen LogP contribution < -0.4 is 11.1 Å². The number of ether oxygens (including phenoxy) is 1. The Morgan fingerprint density at radius 1 is 1.35 bits per heavy atom. The first-order valence-corrected chi connectivity index (χ1v) is 7.36. The number of halogens is 1. The van der Waals surface area contributed by atoms with Crippen LogP contribution in [0.15, 0.2) is 47.7 Å². The average Bonchev–Trinajstić information content (AvgIpc) is 2.96. The molecule has 3 N–H and O–H groups in total. The van der Waals surface area contributed by atoms with Crippen molar-refractivity contribution in [1.82, 2.24) is 14.9 Å². The summed E-state index contributed by atoms with van der Waals surface area (Å²) in [6, 6.07) is 10.3. The van der Waals surface area contributed by atoms with E-state index in [2.05, 4.69) is 32.0 Å². The number of hydrogen-bond donors (Lipinski definition) is 2. The summed E-state index contributed by atoms with van der Waals surface area (Å²) in [7, 11) is 1.64. The van der Waals surface area contributed by atoms with Crippen LogP contribution in [0.1, 0.15) is 11.4 Å². The molecular weight excluding hydrogens is 405 g/mol. The second kappa shape index (κ2) is 11.0. The monoisotopic (exact) mass is 429 g/mol. The molecule has 0 radical (unpaired) electrons. The van der Waals surface area contributed by atoms with Crippen LogP contribution in [0.3, 0.4) is 0 Å². The van der Waals surface area contributed by atoms with Crippen molar-refractivity contribution >= 4 is 29.9 Å². The van der Waals surface area contributed by atoms with E-state index in [9.17, 15) is 0 Å². The molecule has 6 nitrogen and oxygen atoms in total. The number of aliphatic imine (C=N–C) groups is 1. The lowest BCUT2D eigenvalue weighted by atomic mass is 10.2. The van der Waals surface area contributed by atoms with E-state index in [0.29, 0.717) is 25.7 Å². The molecule has 0 aliphatic carbocycles. The highest BCUT2D eigenvalue weighted by Crippen LogP contribution is 2.05. The Hall–Kier alpha value is -1.61. The van der Waals surface area contributed by atoms with Crippen LogP contribution in [0.4, 0.5) is 0 Å². The van der Waals surface area contributed by atoms with Crippen molar-refractivity contribution < 1.29 is 4.74 Å². The fourth-order valence-electron chi connectivity index (χ4n) is 2.11. The van der Waals surface area contributed by atoms with Crippen LogP contribution in [0, 0.1) is 0 Å². The highest BCUT2D eigenvalue weighted by atomic mass is 127. The Morgan fingerprint density at radius 3 is 2.87 bits per heavy atom. The SMILES string of the molecule is COCCN=C(N)NCCc1nccn1Cc1ccccc1.I. The Labute approximate surface area is 154 Å². The van der Waals surface area contributed by atoms with Crippen LogP contribution in [0.25, 0.3) is 0 Å². The number of nitrogens with one attached hydrogen (secondary N) is 1. The fourth-order valence-corrected chi connectivity index (χ4v) is 2.11. The highest BCUT2D eigenvalue weighted by molar-refractivity contribution is 14.0. The molecule has 0 unspecified atom stereocenters. The van der Waals surface area contributed by atoms with Crippen molar-refractivity contribution in [1.29, 1.82) is 0 Å². The standard InChI is InChI=1S/C16H23N5O.HI/c1-22-12-10-20-16(17)19-8-7-15-18-9-11-21(15)13-14-5-3-2-4-6-14;/h2-6,9,11H,7-8,10,12-13H2,1H3,(H3,17,19,20);1H. The van der Waals surface area contributed by atoms with Gasteiger partial charge in [-0.25, -0.2) is 4.98 Å². The highest BCUT2D eigenvalue weighted by Gasteiger charge is 2.03. The molecule has 1 aromatic heterocycles. The summed E-state index contributed by atoms with van der Waals surface area (Å²) in [6.45, 7) is 2.67. The summed E-state index contributed by atoms with van der Waals surface area (Å²) in [5.41, 5.74) is 7.03. The van der Waals surface area contributed by atoms with Gasteiger partial charge in [-0.2, -0.15) is 0 Å². The minimum Gasteiger partial charge on any atom is -0.383 e. The summed E-state index contributed by atoms with van der Waals surface area (Å²) in [6.07, 6.45) is 4.62. The van der Waals surface area contributed by atoms with E-state index in [0.717, 1.165) is 18.8 Å². The molecule has 2 aromatic rings. The van der Waals surface area contributed by atoms with Crippen LogP contribution in [0.2, 0.25) is 0 Å². The zero-order chi connectivity index (χ0) is 15.6.